The van der Waals surface area contributed by atoms with Gasteiger partial charge in [0.15, 0.2) is 0 Å². The predicted octanol–water partition coefficient (Wildman–Crippen LogP) is 2.16. The summed E-state index contributed by atoms with van der Waals surface area (Å²) in [4.78, 5) is 17.1. The van der Waals surface area contributed by atoms with E-state index in [-0.39, 0.29) is 0 Å². The smallest absolute Gasteiger partial charge is 0.225 e. The van der Waals surface area contributed by atoms with Crippen LogP contribution in [0.25, 0.3) is 0 Å². The van der Waals surface area contributed by atoms with Gasteiger partial charge in [-0.05, 0) is 36.8 Å². The van der Waals surface area contributed by atoms with Gasteiger partial charge in [0, 0.05) is 43.2 Å². The Bertz CT molecular complexity index is 593. The number of piperidine rings is 1. The van der Waals surface area contributed by atoms with Gasteiger partial charge in [0.05, 0.1) is 0 Å². The molecule has 20 heavy (non-hydrogen) atoms. The average molecular weight is 268 g/mol. The van der Waals surface area contributed by atoms with E-state index in [0.717, 1.165) is 32.4 Å². The van der Waals surface area contributed by atoms with Crippen LogP contribution in [0.15, 0.2) is 18.2 Å². The molecule has 2 atom stereocenters. The number of likely N-dealkylation sites (tertiary alicyclic amines) is 1. The van der Waals surface area contributed by atoms with Crippen LogP contribution in [0, 0.1) is 5.92 Å². The monoisotopic (exact) mass is 268 g/mol. The first-order valence-corrected chi connectivity index (χ1v) is 8.00. The van der Waals surface area contributed by atoms with E-state index in [9.17, 15) is 4.79 Å². The Morgan fingerprint density at radius 1 is 1.15 bits per heavy atom. The van der Waals surface area contributed by atoms with Crippen molar-refractivity contribution in [2.24, 2.45) is 5.92 Å². The number of para-hydroxylation sites is 1. The molecule has 3 nitrogen and oxygen atoms in total. The Hall–Kier alpha value is -1.51. The summed E-state index contributed by atoms with van der Waals surface area (Å²) in [6.45, 7) is 3.10. The van der Waals surface area contributed by atoms with E-state index < -0.39 is 0 Å². The quantitative estimate of drug-likeness (QED) is 0.779. The van der Waals surface area contributed by atoms with E-state index >= 15 is 0 Å². The van der Waals surface area contributed by atoms with E-state index in [1.54, 1.807) is 0 Å². The number of fused-ring (bicyclic) bond motifs is 3. The Morgan fingerprint density at radius 2 is 2.05 bits per heavy atom. The van der Waals surface area contributed by atoms with Gasteiger partial charge in [-0.25, -0.2) is 0 Å². The van der Waals surface area contributed by atoms with E-state index in [2.05, 4.69) is 28.0 Å². The molecular formula is C17H20N2O. The highest BCUT2D eigenvalue weighted by atomic mass is 16.2. The fourth-order valence-corrected chi connectivity index (χ4v) is 4.55. The minimum absolute atomic E-state index is 0.364. The van der Waals surface area contributed by atoms with Gasteiger partial charge in [-0.1, -0.05) is 18.2 Å². The molecule has 4 aliphatic rings. The van der Waals surface area contributed by atoms with Gasteiger partial charge in [0.2, 0.25) is 5.91 Å². The molecule has 3 heteroatoms. The lowest BCUT2D eigenvalue weighted by molar-refractivity contribution is -0.133. The number of hydrogen-bond donors (Lipinski definition) is 0. The van der Waals surface area contributed by atoms with Crippen molar-refractivity contribution in [2.75, 3.05) is 24.5 Å². The zero-order valence-electron chi connectivity index (χ0n) is 11.7. The molecule has 1 saturated heterocycles. The molecular weight excluding hydrogens is 248 g/mol. The molecule has 0 radical (unpaired) electrons. The molecule has 1 aromatic carbocycles. The first-order valence-electron chi connectivity index (χ1n) is 8.00. The molecule has 0 spiro atoms. The second-order valence-electron chi connectivity index (χ2n) is 6.82. The maximum atomic E-state index is 12.3. The highest BCUT2D eigenvalue weighted by molar-refractivity contribution is 5.81. The van der Waals surface area contributed by atoms with Crippen LogP contribution in [0.2, 0.25) is 0 Å². The van der Waals surface area contributed by atoms with Gasteiger partial charge in [-0.15, -0.1) is 0 Å². The van der Waals surface area contributed by atoms with Crippen molar-refractivity contribution in [3.05, 3.63) is 29.3 Å². The Kier molecular flexibility index (Phi) is 2.11. The lowest BCUT2D eigenvalue weighted by Gasteiger charge is -2.38. The third-order valence-corrected chi connectivity index (χ3v) is 5.67. The summed E-state index contributed by atoms with van der Waals surface area (Å²) in [6, 6.07) is 7.44. The topological polar surface area (TPSA) is 23.6 Å². The van der Waals surface area contributed by atoms with Crippen molar-refractivity contribution in [1.82, 2.24) is 4.90 Å². The van der Waals surface area contributed by atoms with Crippen molar-refractivity contribution < 1.29 is 4.79 Å². The fraction of sp³-hybridized carbons (Fsp3) is 0.588. The first kappa shape index (κ1) is 11.2. The van der Waals surface area contributed by atoms with Crippen LogP contribution in [-0.2, 0) is 11.2 Å². The zero-order chi connectivity index (χ0) is 13.3. The number of nitrogens with zero attached hydrogens (tertiary/aromatic N) is 2. The fourth-order valence-electron chi connectivity index (χ4n) is 4.55. The number of carbonyl (C=O) groups excluding carboxylic acids is 1. The van der Waals surface area contributed by atoms with Gasteiger partial charge in [0.25, 0.3) is 0 Å². The van der Waals surface area contributed by atoms with E-state index in [4.69, 9.17) is 0 Å². The van der Waals surface area contributed by atoms with E-state index in [0.29, 0.717) is 23.8 Å². The van der Waals surface area contributed by atoms with Gasteiger partial charge in [0.1, 0.15) is 0 Å². The molecule has 1 amide bonds. The van der Waals surface area contributed by atoms with Crippen LogP contribution in [0.4, 0.5) is 5.69 Å². The number of benzene rings is 1. The van der Waals surface area contributed by atoms with Gasteiger partial charge >= 0.3 is 0 Å². The Labute approximate surface area is 119 Å². The molecule has 0 aromatic heterocycles. The lowest BCUT2D eigenvalue weighted by Crippen LogP contribution is -2.48. The number of carbonyl (C=O) groups is 1. The molecule has 1 aromatic rings. The molecule has 3 aliphatic heterocycles. The highest BCUT2D eigenvalue weighted by Crippen LogP contribution is 2.49. The van der Waals surface area contributed by atoms with Crippen molar-refractivity contribution in [3.63, 3.8) is 0 Å². The minimum Gasteiger partial charge on any atom is -0.367 e. The number of amides is 1. The molecule has 1 saturated carbocycles. The Morgan fingerprint density at radius 3 is 2.90 bits per heavy atom. The van der Waals surface area contributed by atoms with Gasteiger partial charge < -0.3 is 9.80 Å². The van der Waals surface area contributed by atoms with Gasteiger partial charge in [-0.2, -0.15) is 0 Å². The minimum atomic E-state index is 0.364. The third-order valence-electron chi connectivity index (χ3n) is 5.67. The number of rotatable bonds is 1. The van der Waals surface area contributed by atoms with Crippen LogP contribution < -0.4 is 4.90 Å². The van der Waals surface area contributed by atoms with Crippen molar-refractivity contribution in [1.29, 1.82) is 0 Å². The van der Waals surface area contributed by atoms with Crippen LogP contribution in [-0.4, -0.2) is 36.5 Å². The summed E-state index contributed by atoms with van der Waals surface area (Å²) >= 11 is 0. The zero-order valence-corrected chi connectivity index (χ0v) is 11.7. The summed E-state index contributed by atoms with van der Waals surface area (Å²) in [6.07, 6.45) is 4.60. The molecule has 1 aliphatic carbocycles. The molecule has 0 N–H and O–H groups in total. The number of hydrogen-bond acceptors (Lipinski definition) is 2. The van der Waals surface area contributed by atoms with Crippen LogP contribution in [0.5, 0.6) is 0 Å². The normalized spacial score (nSPS) is 30.4. The van der Waals surface area contributed by atoms with Crippen LogP contribution >= 0.6 is 0 Å². The van der Waals surface area contributed by atoms with Crippen molar-refractivity contribution >= 4 is 11.6 Å². The van der Waals surface area contributed by atoms with Gasteiger partial charge in [-0.3, -0.25) is 4.79 Å². The summed E-state index contributed by atoms with van der Waals surface area (Å²) in [7, 11) is 0. The van der Waals surface area contributed by atoms with Crippen molar-refractivity contribution in [3.8, 4) is 0 Å². The second kappa shape index (κ2) is 3.78. The SMILES string of the molecule is O=C(C1CC1)N1CC[C@@H]2[C@H](C1)c1cccc3c1N2CC3. The maximum Gasteiger partial charge on any atom is 0.225 e. The second-order valence-corrected chi connectivity index (χ2v) is 6.82. The summed E-state index contributed by atoms with van der Waals surface area (Å²) in [5.41, 5.74) is 4.55. The molecule has 104 valence electrons. The summed E-state index contributed by atoms with van der Waals surface area (Å²) in [5, 5.41) is 0. The van der Waals surface area contributed by atoms with E-state index in [1.807, 2.05) is 0 Å². The Balaban J connectivity index is 1.49. The largest absolute Gasteiger partial charge is 0.367 e. The first-order chi connectivity index (χ1) is 9.83. The standard InChI is InChI=1S/C17H20N2O/c20-17(12-4-5-12)18-8-7-15-14(10-18)13-3-1-2-11-6-9-19(15)16(11)13/h1-3,12,14-15H,4-10H2/t14-,15-/m1/s1. The van der Waals surface area contributed by atoms with E-state index in [1.165, 1.54) is 29.8 Å². The summed E-state index contributed by atoms with van der Waals surface area (Å²) in [5.74, 6) is 1.35. The van der Waals surface area contributed by atoms with Crippen molar-refractivity contribution in [2.45, 2.75) is 37.6 Å². The predicted molar refractivity (Wildman–Crippen MR) is 77.9 cm³/mol. The average Bonchev–Trinajstić information content (AvgIpc) is 3.17. The van der Waals surface area contributed by atoms with Crippen LogP contribution in [0.3, 0.4) is 0 Å². The molecule has 2 fully saturated rings. The molecule has 0 unspecified atom stereocenters. The molecule has 3 heterocycles. The molecule has 0 bridgehead atoms. The molecule has 5 rings (SSSR count). The number of anilines is 1. The lowest BCUT2D eigenvalue weighted by atomic mass is 9.87. The maximum absolute atomic E-state index is 12.3. The van der Waals surface area contributed by atoms with Crippen LogP contribution in [0.1, 0.15) is 36.3 Å². The summed E-state index contributed by atoms with van der Waals surface area (Å²) < 4.78 is 0. The third kappa shape index (κ3) is 1.38. The highest BCUT2D eigenvalue weighted by Gasteiger charge is 2.46.